The van der Waals surface area contributed by atoms with Crippen molar-refractivity contribution in [3.8, 4) is 11.5 Å². The lowest BCUT2D eigenvalue weighted by Crippen LogP contribution is -2.38. The number of aliphatic hydroxyl groups is 1. The van der Waals surface area contributed by atoms with Crippen LogP contribution in [0.5, 0.6) is 11.5 Å². The van der Waals surface area contributed by atoms with Crippen LogP contribution in [0.1, 0.15) is 26.2 Å². The summed E-state index contributed by atoms with van der Waals surface area (Å²) in [6.07, 6.45) is -0.665. The largest absolute Gasteiger partial charge is 0.486 e. The van der Waals surface area contributed by atoms with E-state index in [4.69, 9.17) is 18.9 Å². The van der Waals surface area contributed by atoms with Crippen molar-refractivity contribution in [1.82, 2.24) is 0 Å². The minimum atomic E-state index is -1.06. The van der Waals surface area contributed by atoms with Gasteiger partial charge in [0, 0.05) is 0 Å². The van der Waals surface area contributed by atoms with Crippen LogP contribution in [0, 0.1) is 5.41 Å². The Labute approximate surface area is 203 Å². The van der Waals surface area contributed by atoms with Gasteiger partial charge in [-0.25, -0.2) is 0 Å². The molecule has 2 rings (SSSR count). The Hall–Kier alpha value is -3.72. The lowest BCUT2D eigenvalue weighted by Gasteiger charge is -2.29. The molecule has 0 aliphatic carbocycles. The van der Waals surface area contributed by atoms with Gasteiger partial charge in [0.05, 0.1) is 12.0 Å². The van der Waals surface area contributed by atoms with E-state index in [1.54, 1.807) is 55.5 Å². The summed E-state index contributed by atoms with van der Waals surface area (Å²) in [5, 5.41) is 9.83. The maximum Gasteiger partial charge on any atom is 0.313 e. The third kappa shape index (κ3) is 10.4. The summed E-state index contributed by atoms with van der Waals surface area (Å²) in [7, 11) is 0. The van der Waals surface area contributed by atoms with Crippen LogP contribution in [-0.2, 0) is 28.7 Å². The van der Waals surface area contributed by atoms with E-state index in [1.165, 1.54) is 0 Å². The van der Waals surface area contributed by atoms with Crippen molar-refractivity contribution < 1.29 is 43.2 Å². The number of rotatable bonds is 16. The molecule has 0 aliphatic heterocycles. The number of benzene rings is 2. The van der Waals surface area contributed by atoms with E-state index in [-0.39, 0.29) is 26.4 Å². The molecule has 0 fully saturated rings. The van der Waals surface area contributed by atoms with E-state index in [1.807, 2.05) is 12.1 Å². The Bertz CT molecular complexity index is 878. The van der Waals surface area contributed by atoms with Gasteiger partial charge < -0.3 is 24.1 Å². The fraction of sp³-hybridized carbons (Fsp3) is 0.385. The average molecular weight is 487 g/mol. The Morgan fingerprint density at radius 2 is 1.11 bits per heavy atom. The Morgan fingerprint density at radius 3 is 1.46 bits per heavy atom. The third-order valence-corrected chi connectivity index (χ3v) is 5.13. The van der Waals surface area contributed by atoms with Crippen LogP contribution < -0.4 is 9.47 Å². The Kier molecular flexibility index (Phi) is 11.4. The molecule has 0 bridgehead atoms. The first kappa shape index (κ1) is 27.5. The number of ketones is 2. The standard InChI is InChI=1S/C26H30O9/c1-2-26(17-27,18-34-24(30)13-20(28)15-32-22-9-5-3-6-10-22)19-35-25(31)14-21(29)16-33-23-11-7-4-8-12-23/h3-12,27H,2,13-19H2,1H3. The Morgan fingerprint density at radius 1 is 0.714 bits per heavy atom. The third-order valence-electron chi connectivity index (χ3n) is 5.13. The second-order valence-electron chi connectivity index (χ2n) is 7.97. The minimum Gasteiger partial charge on any atom is -0.486 e. The van der Waals surface area contributed by atoms with E-state index in [0.717, 1.165) is 0 Å². The number of Topliss-reactive ketones (excluding diaryl/α,β-unsaturated/α-hetero) is 2. The second kappa shape index (κ2) is 14.5. The summed E-state index contributed by atoms with van der Waals surface area (Å²) >= 11 is 0. The van der Waals surface area contributed by atoms with Crippen LogP contribution in [0.25, 0.3) is 0 Å². The molecule has 9 nitrogen and oxygen atoms in total. The van der Waals surface area contributed by atoms with E-state index in [0.29, 0.717) is 17.9 Å². The maximum absolute atomic E-state index is 12.1. The summed E-state index contributed by atoms with van der Waals surface area (Å²) in [5.41, 5.74) is -1.06. The van der Waals surface area contributed by atoms with Gasteiger partial charge in [0.2, 0.25) is 0 Å². The normalized spacial score (nSPS) is 10.8. The molecule has 0 aliphatic rings. The van der Waals surface area contributed by atoms with E-state index >= 15 is 0 Å². The molecule has 0 radical (unpaired) electrons. The van der Waals surface area contributed by atoms with Crippen molar-refractivity contribution >= 4 is 23.5 Å². The Balaban J connectivity index is 1.72. The summed E-state index contributed by atoms with van der Waals surface area (Å²) < 4.78 is 20.9. The molecule has 35 heavy (non-hydrogen) atoms. The van der Waals surface area contributed by atoms with Gasteiger partial charge in [-0.3, -0.25) is 19.2 Å². The minimum absolute atomic E-state index is 0.260. The fourth-order valence-corrected chi connectivity index (χ4v) is 2.80. The van der Waals surface area contributed by atoms with Crippen molar-refractivity contribution in [2.75, 3.05) is 33.0 Å². The van der Waals surface area contributed by atoms with Gasteiger partial charge in [-0.2, -0.15) is 0 Å². The van der Waals surface area contributed by atoms with Crippen molar-refractivity contribution in [3.05, 3.63) is 60.7 Å². The molecule has 2 aromatic carbocycles. The monoisotopic (exact) mass is 486 g/mol. The number of carbonyl (C=O) groups is 4. The zero-order chi connectivity index (χ0) is 25.5. The summed E-state index contributed by atoms with van der Waals surface area (Å²) in [5.74, 6) is -1.48. The molecular weight excluding hydrogens is 456 g/mol. The molecule has 0 heterocycles. The first-order chi connectivity index (χ1) is 16.9. The zero-order valence-electron chi connectivity index (χ0n) is 19.6. The molecule has 0 unspecified atom stereocenters. The van der Waals surface area contributed by atoms with Crippen molar-refractivity contribution in [3.63, 3.8) is 0 Å². The van der Waals surface area contributed by atoms with Gasteiger partial charge in [-0.1, -0.05) is 43.3 Å². The lowest BCUT2D eigenvalue weighted by atomic mass is 9.88. The first-order valence-corrected chi connectivity index (χ1v) is 11.2. The maximum atomic E-state index is 12.1. The molecule has 9 heteroatoms. The highest BCUT2D eigenvalue weighted by Crippen LogP contribution is 2.23. The first-order valence-electron chi connectivity index (χ1n) is 11.2. The van der Waals surface area contributed by atoms with Crippen LogP contribution in [0.2, 0.25) is 0 Å². The number of hydrogen-bond acceptors (Lipinski definition) is 9. The smallest absolute Gasteiger partial charge is 0.313 e. The van der Waals surface area contributed by atoms with Crippen LogP contribution >= 0.6 is 0 Å². The SMILES string of the molecule is CCC(CO)(COC(=O)CC(=O)COc1ccccc1)COC(=O)CC(=O)COc1ccccc1. The molecule has 0 saturated carbocycles. The fourth-order valence-electron chi connectivity index (χ4n) is 2.80. The second-order valence-corrected chi connectivity index (χ2v) is 7.97. The molecule has 0 atom stereocenters. The van der Waals surface area contributed by atoms with E-state index < -0.39 is 48.4 Å². The number of esters is 2. The predicted molar refractivity (Wildman–Crippen MR) is 125 cm³/mol. The summed E-state index contributed by atoms with van der Waals surface area (Å²) in [6, 6.07) is 17.4. The zero-order valence-corrected chi connectivity index (χ0v) is 19.6. The molecule has 2 aromatic rings. The molecule has 0 saturated heterocycles. The van der Waals surface area contributed by atoms with Crippen LogP contribution in [-0.4, -0.2) is 61.6 Å². The molecule has 0 spiro atoms. The summed E-state index contributed by atoms with van der Waals surface area (Å²) in [4.78, 5) is 48.1. The van der Waals surface area contributed by atoms with Crippen LogP contribution in [0.4, 0.5) is 0 Å². The topological polar surface area (TPSA) is 125 Å². The molecular formula is C26H30O9. The van der Waals surface area contributed by atoms with Gasteiger partial charge in [0.25, 0.3) is 0 Å². The van der Waals surface area contributed by atoms with Gasteiger partial charge >= 0.3 is 11.9 Å². The highest BCUT2D eigenvalue weighted by molar-refractivity contribution is 5.96. The highest BCUT2D eigenvalue weighted by atomic mass is 16.6. The number of hydrogen-bond donors (Lipinski definition) is 1. The van der Waals surface area contributed by atoms with Crippen molar-refractivity contribution in [1.29, 1.82) is 0 Å². The molecule has 0 aromatic heterocycles. The molecule has 1 N–H and O–H groups in total. The van der Waals surface area contributed by atoms with Crippen molar-refractivity contribution in [2.24, 2.45) is 5.41 Å². The van der Waals surface area contributed by atoms with Gasteiger partial charge in [0.15, 0.2) is 11.6 Å². The van der Waals surface area contributed by atoms with Crippen LogP contribution in [0.3, 0.4) is 0 Å². The molecule has 0 amide bonds. The highest BCUT2D eigenvalue weighted by Gasteiger charge is 2.32. The quantitative estimate of drug-likeness (QED) is 0.281. The number of para-hydroxylation sites is 2. The van der Waals surface area contributed by atoms with E-state index in [9.17, 15) is 24.3 Å². The number of carbonyl (C=O) groups excluding carboxylic acids is 4. The van der Waals surface area contributed by atoms with Crippen LogP contribution in [0.15, 0.2) is 60.7 Å². The average Bonchev–Trinajstić information content (AvgIpc) is 2.88. The number of aliphatic hydroxyl groups excluding tert-OH is 1. The van der Waals surface area contributed by atoms with Gasteiger partial charge in [-0.15, -0.1) is 0 Å². The lowest BCUT2D eigenvalue weighted by molar-refractivity contribution is -0.157. The number of ether oxygens (including phenoxy) is 4. The van der Waals surface area contributed by atoms with Gasteiger partial charge in [0.1, 0.15) is 50.8 Å². The van der Waals surface area contributed by atoms with E-state index in [2.05, 4.69) is 0 Å². The molecule has 188 valence electrons. The van der Waals surface area contributed by atoms with Gasteiger partial charge in [-0.05, 0) is 30.7 Å². The summed E-state index contributed by atoms with van der Waals surface area (Å²) in [6.45, 7) is 0.221. The van der Waals surface area contributed by atoms with Crippen molar-refractivity contribution in [2.45, 2.75) is 26.2 Å². The predicted octanol–water partition coefficient (Wildman–Crippen LogP) is 2.54.